The van der Waals surface area contributed by atoms with Crippen molar-refractivity contribution in [3.8, 4) is 0 Å². The molecule has 0 amide bonds. The van der Waals surface area contributed by atoms with Crippen LogP contribution >= 0.6 is 0 Å². The Morgan fingerprint density at radius 2 is 2.31 bits per heavy atom. The van der Waals surface area contributed by atoms with Gasteiger partial charge < -0.3 is 5.32 Å². The molecular weight excluding hydrogens is 160 g/mol. The van der Waals surface area contributed by atoms with Crippen molar-refractivity contribution >= 4 is 6.08 Å². The standard InChI is InChI=1S/C11H14N2/c1-8(2)9-5-10-6-12-4-3-11(10)13-7-9/h3-5,7-8,12H,6H2,1-2H3. The average Bonchev–Trinajstić information content (AvgIpc) is 2.17. The maximum absolute atomic E-state index is 4.41. The minimum atomic E-state index is 0.559. The summed E-state index contributed by atoms with van der Waals surface area (Å²) >= 11 is 0. The van der Waals surface area contributed by atoms with Gasteiger partial charge in [0.15, 0.2) is 0 Å². The Labute approximate surface area is 78.7 Å². The number of hydrogen-bond donors (Lipinski definition) is 1. The molecule has 0 unspecified atom stereocenters. The van der Waals surface area contributed by atoms with Crippen molar-refractivity contribution in [3.05, 3.63) is 35.3 Å². The van der Waals surface area contributed by atoms with E-state index in [9.17, 15) is 0 Å². The second-order valence-electron chi connectivity index (χ2n) is 3.68. The molecule has 0 saturated heterocycles. The van der Waals surface area contributed by atoms with Crippen LogP contribution in [0.15, 0.2) is 18.5 Å². The molecule has 2 heteroatoms. The summed E-state index contributed by atoms with van der Waals surface area (Å²) in [5, 5.41) is 3.19. The van der Waals surface area contributed by atoms with Crippen molar-refractivity contribution in [2.75, 3.05) is 0 Å². The summed E-state index contributed by atoms with van der Waals surface area (Å²) in [5.41, 5.74) is 3.72. The van der Waals surface area contributed by atoms with E-state index < -0.39 is 0 Å². The number of hydrogen-bond acceptors (Lipinski definition) is 2. The zero-order valence-electron chi connectivity index (χ0n) is 8.04. The van der Waals surface area contributed by atoms with E-state index in [2.05, 4.69) is 30.2 Å². The number of rotatable bonds is 1. The maximum atomic E-state index is 4.41. The van der Waals surface area contributed by atoms with Crippen LogP contribution in [0.5, 0.6) is 0 Å². The summed E-state index contributed by atoms with van der Waals surface area (Å²) < 4.78 is 0. The third kappa shape index (κ3) is 1.57. The molecule has 0 spiro atoms. The molecule has 13 heavy (non-hydrogen) atoms. The summed E-state index contributed by atoms with van der Waals surface area (Å²) in [4.78, 5) is 4.41. The van der Waals surface area contributed by atoms with Gasteiger partial charge in [0.1, 0.15) is 0 Å². The van der Waals surface area contributed by atoms with Crippen LogP contribution in [-0.4, -0.2) is 4.98 Å². The number of nitrogens with one attached hydrogen (secondary N) is 1. The monoisotopic (exact) mass is 174 g/mol. The highest BCUT2D eigenvalue weighted by Gasteiger charge is 2.07. The van der Waals surface area contributed by atoms with Crippen molar-refractivity contribution in [3.63, 3.8) is 0 Å². The molecule has 2 heterocycles. The van der Waals surface area contributed by atoms with E-state index in [1.807, 2.05) is 18.5 Å². The summed E-state index contributed by atoms with van der Waals surface area (Å²) in [6, 6.07) is 2.24. The lowest BCUT2D eigenvalue weighted by molar-refractivity contribution is 0.816. The Morgan fingerprint density at radius 3 is 3.08 bits per heavy atom. The van der Waals surface area contributed by atoms with E-state index >= 15 is 0 Å². The third-order valence-corrected chi connectivity index (χ3v) is 2.34. The molecule has 2 nitrogen and oxygen atoms in total. The lowest BCUT2D eigenvalue weighted by Gasteiger charge is -2.13. The highest BCUT2D eigenvalue weighted by Crippen LogP contribution is 2.18. The topological polar surface area (TPSA) is 24.9 Å². The van der Waals surface area contributed by atoms with E-state index in [4.69, 9.17) is 0 Å². The molecular formula is C11H14N2. The lowest BCUT2D eigenvalue weighted by atomic mass is 10.0. The Hall–Kier alpha value is -1.31. The molecule has 1 aliphatic heterocycles. The second-order valence-corrected chi connectivity index (χ2v) is 3.68. The normalized spacial score (nSPS) is 14.1. The summed E-state index contributed by atoms with van der Waals surface area (Å²) in [6.07, 6.45) is 5.94. The number of pyridine rings is 1. The molecule has 0 radical (unpaired) electrons. The highest BCUT2D eigenvalue weighted by molar-refractivity contribution is 5.51. The summed E-state index contributed by atoms with van der Waals surface area (Å²) in [7, 11) is 0. The maximum Gasteiger partial charge on any atom is 0.0694 e. The number of nitrogens with zero attached hydrogens (tertiary/aromatic N) is 1. The molecule has 0 aliphatic carbocycles. The van der Waals surface area contributed by atoms with Gasteiger partial charge in [-0.2, -0.15) is 0 Å². The Morgan fingerprint density at radius 1 is 1.46 bits per heavy atom. The van der Waals surface area contributed by atoms with Gasteiger partial charge in [0.2, 0.25) is 0 Å². The molecule has 2 rings (SSSR count). The largest absolute Gasteiger partial charge is 0.387 e. The molecule has 0 atom stereocenters. The zero-order valence-corrected chi connectivity index (χ0v) is 8.04. The van der Waals surface area contributed by atoms with Crippen LogP contribution in [0.25, 0.3) is 6.08 Å². The molecule has 1 aliphatic rings. The van der Waals surface area contributed by atoms with E-state index in [1.165, 1.54) is 11.1 Å². The van der Waals surface area contributed by atoms with E-state index in [-0.39, 0.29) is 0 Å². The van der Waals surface area contributed by atoms with Gasteiger partial charge in [-0.3, -0.25) is 4.98 Å². The predicted molar refractivity (Wildman–Crippen MR) is 54.2 cm³/mol. The molecule has 0 bridgehead atoms. The fourth-order valence-corrected chi connectivity index (χ4v) is 1.45. The van der Waals surface area contributed by atoms with E-state index in [0.717, 1.165) is 12.2 Å². The number of fused-ring (bicyclic) bond motifs is 1. The van der Waals surface area contributed by atoms with Gasteiger partial charge in [0, 0.05) is 12.7 Å². The average molecular weight is 174 g/mol. The predicted octanol–water partition coefficient (Wildman–Crippen LogP) is 2.28. The first-order chi connectivity index (χ1) is 6.27. The van der Waals surface area contributed by atoms with Crippen molar-refractivity contribution in [2.45, 2.75) is 26.3 Å². The van der Waals surface area contributed by atoms with Gasteiger partial charge in [-0.25, -0.2) is 0 Å². The lowest BCUT2D eigenvalue weighted by Crippen LogP contribution is -2.11. The SMILES string of the molecule is CC(C)c1cnc2c(c1)CNC=C2. The molecule has 0 aromatic carbocycles. The van der Waals surface area contributed by atoms with Gasteiger partial charge in [-0.15, -0.1) is 0 Å². The first kappa shape index (κ1) is 8.30. The van der Waals surface area contributed by atoms with E-state index in [0.29, 0.717) is 5.92 Å². The van der Waals surface area contributed by atoms with Crippen LogP contribution in [0.3, 0.4) is 0 Å². The quantitative estimate of drug-likeness (QED) is 0.706. The molecule has 0 fully saturated rings. The fourth-order valence-electron chi connectivity index (χ4n) is 1.45. The van der Waals surface area contributed by atoms with Gasteiger partial charge in [-0.1, -0.05) is 19.9 Å². The van der Waals surface area contributed by atoms with Gasteiger partial charge in [0.05, 0.1) is 5.69 Å². The van der Waals surface area contributed by atoms with Crippen molar-refractivity contribution in [1.82, 2.24) is 10.3 Å². The van der Waals surface area contributed by atoms with Crippen molar-refractivity contribution in [1.29, 1.82) is 0 Å². The number of aromatic nitrogens is 1. The van der Waals surface area contributed by atoms with Gasteiger partial charge in [0.25, 0.3) is 0 Å². The highest BCUT2D eigenvalue weighted by atomic mass is 14.9. The van der Waals surface area contributed by atoms with E-state index in [1.54, 1.807) is 0 Å². The zero-order chi connectivity index (χ0) is 9.26. The van der Waals surface area contributed by atoms with Crippen LogP contribution in [0.1, 0.15) is 36.6 Å². The van der Waals surface area contributed by atoms with Gasteiger partial charge >= 0.3 is 0 Å². The smallest absolute Gasteiger partial charge is 0.0694 e. The fraction of sp³-hybridized carbons (Fsp3) is 0.364. The van der Waals surface area contributed by atoms with Gasteiger partial charge in [-0.05, 0) is 29.3 Å². The molecule has 1 aromatic heterocycles. The molecule has 1 aromatic rings. The van der Waals surface area contributed by atoms with Crippen LogP contribution in [0.4, 0.5) is 0 Å². The second kappa shape index (κ2) is 3.21. The van der Waals surface area contributed by atoms with Crippen LogP contribution in [0.2, 0.25) is 0 Å². The summed E-state index contributed by atoms with van der Waals surface area (Å²) in [5.74, 6) is 0.559. The molecule has 1 N–H and O–H groups in total. The van der Waals surface area contributed by atoms with Crippen molar-refractivity contribution in [2.24, 2.45) is 0 Å². The molecule has 0 saturated carbocycles. The Balaban J connectivity index is 2.42. The minimum Gasteiger partial charge on any atom is -0.387 e. The first-order valence-corrected chi connectivity index (χ1v) is 4.66. The Bertz CT molecular complexity index is 340. The van der Waals surface area contributed by atoms with Crippen LogP contribution < -0.4 is 5.32 Å². The molecule has 68 valence electrons. The van der Waals surface area contributed by atoms with Crippen molar-refractivity contribution < 1.29 is 0 Å². The van der Waals surface area contributed by atoms with Crippen LogP contribution in [-0.2, 0) is 6.54 Å². The Kier molecular flexibility index (Phi) is 2.05. The first-order valence-electron chi connectivity index (χ1n) is 4.66. The summed E-state index contributed by atoms with van der Waals surface area (Å²) in [6.45, 7) is 5.28. The minimum absolute atomic E-state index is 0.559. The van der Waals surface area contributed by atoms with Crippen LogP contribution in [0, 0.1) is 0 Å². The third-order valence-electron chi connectivity index (χ3n) is 2.34.